The highest BCUT2D eigenvalue weighted by molar-refractivity contribution is 9.10. The lowest BCUT2D eigenvalue weighted by molar-refractivity contribution is 0.232. The van der Waals surface area contributed by atoms with Crippen molar-refractivity contribution in [3.8, 4) is 0 Å². The third-order valence-electron chi connectivity index (χ3n) is 3.01. The topological polar surface area (TPSA) is 3.24 Å². The minimum Gasteiger partial charge on any atom is -0.306 e. The SMILES string of the molecule is CN1CCC(C(F)c2cccc(Br)c2)C1. The van der Waals surface area contributed by atoms with Crippen LogP contribution in [0.1, 0.15) is 18.2 Å². The van der Waals surface area contributed by atoms with Crippen LogP contribution in [0, 0.1) is 5.92 Å². The van der Waals surface area contributed by atoms with E-state index in [9.17, 15) is 4.39 Å². The Bertz CT molecular complexity index is 342. The molecule has 0 aromatic heterocycles. The van der Waals surface area contributed by atoms with Crippen molar-refractivity contribution in [1.29, 1.82) is 0 Å². The summed E-state index contributed by atoms with van der Waals surface area (Å²) in [4.78, 5) is 2.19. The number of halogens is 2. The van der Waals surface area contributed by atoms with E-state index in [4.69, 9.17) is 0 Å². The Kier molecular flexibility index (Phi) is 3.42. The second-order valence-electron chi connectivity index (χ2n) is 4.27. The summed E-state index contributed by atoms with van der Waals surface area (Å²) < 4.78 is 15.1. The summed E-state index contributed by atoms with van der Waals surface area (Å²) in [7, 11) is 2.05. The van der Waals surface area contributed by atoms with E-state index in [1.165, 1.54) is 0 Å². The molecule has 1 aromatic rings. The average Bonchev–Trinajstić information content (AvgIpc) is 2.64. The van der Waals surface area contributed by atoms with E-state index in [0.717, 1.165) is 29.5 Å². The molecule has 0 radical (unpaired) electrons. The molecule has 15 heavy (non-hydrogen) atoms. The second-order valence-corrected chi connectivity index (χ2v) is 5.18. The molecule has 1 aliphatic rings. The van der Waals surface area contributed by atoms with Gasteiger partial charge in [-0.2, -0.15) is 0 Å². The molecular formula is C12H15BrFN. The normalized spacial score (nSPS) is 24.3. The standard InChI is InChI=1S/C12H15BrFN/c1-15-6-5-10(8-15)12(14)9-3-2-4-11(13)7-9/h2-4,7,10,12H,5-6,8H2,1H3. The van der Waals surface area contributed by atoms with Gasteiger partial charge in [-0.25, -0.2) is 4.39 Å². The first kappa shape index (κ1) is 11.1. The molecule has 1 saturated heterocycles. The van der Waals surface area contributed by atoms with Gasteiger partial charge in [0.2, 0.25) is 0 Å². The molecule has 2 rings (SSSR count). The van der Waals surface area contributed by atoms with E-state index in [-0.39, 0.29) is 5.92 Å². The summed E-state index contributed by atoms with van der Waals surface area (Å²) in [6.07, 6.45) is 0.136. The van der Waals surface area contributed by atoms with Gasteiger partial charge in [-0.05, 0) is 37.7 Å². The summed E-state index contributed by atoms with van der Waals surface area (Å²) in [6, 6.07) is 7.57. The van der Waals surface area contributed by atoms with Gasteiger partial charge in [0, 0.05) is 16.9 Å². The quantitative estimate of drug-likeness (QED) is 0.797. The number of hydrogen-bond donors (Lipinski definition) is 0. The number of rotatable bonds is 2. The number of nitrogens with zero attached hydrogens (tertiary/aromatic N) is 1. The zero-order chi connectivity index (χ0) is 10.8. The summed E-state index contributed by atoms with van der Waals surface area (Å²) >= 11 is 3.37. The van der Waals surface area contributed by atoms with Crippen LogP contribution in [-0.2, 0) is 0 Å². The van der Waals surface area contributed by atoms with Gasteiger partial charge in [0.1, 0.15) is 6.17 Å². The van der Waals surface area contributed by atoms with Crippen LogP contribution in [0.2, 0.25) is 0 Å². The van der Waals surface area contributed by atoms with E-state index in [1.54, 1.807) is 0 Å². The number of hydrogen-bond acceptors (Lipinski definition) is 1. The van der Waals surface area contributed by atoms with Crippen molar-refractivity contribution >= 4 is 15.9 Å². The largest absolute Gasteiger partial charge is 0.306 e. The van der Waals surface area contributed by atoms with Gasteiger partial charge in [-0.1, -0.05) is 28.1 Å². The van der Waals surface area contributed by atoms with Gasteiger partial charge in [0.15, 0.2) is 0 Å². The third-order valence-corrected chi connectivity index (χ3v) is 3.50. The van der Waals surface area contributed by atoms with Crippen molar-refractivity contribution in [3.05, 3.63) is 34.3 Å². The van der Waals surface area contributed by atoms with Crippen LogP contribution in [0.15, 0.2) is 28.7 Å². The zero-order valence-electron chi connectivity index (χ0n) is 8.79. The van der Waals surface area contributed by atoms with Gasteiger partial charge < -0.3 is 4.90 Å². The van der Waals surface area contributed by atoms with E-state index in [1.807, 2.05) is 31.3 Å². The maximum absolute atomic E-state index is 14.1. The molecule has 0 amide bonds. The average molecular weight is 272 g/mol. The molecule has 0 bridgehead atoms. The second kappa shape index (κ2) is 4.62. The Hall–Kier alpha value is -0.410. The van der Waals surface area contributed by atoms with Gasteiger partial charge in [-0.3, -0.25) is 0 Å². The molecule has 2 unspecified atom stereocenters. The maximum Gasteiger partial charge on any atom is 0.129 e. The number of alkyl halides is 1. The Balaban J connectivity index is 2.10. The molecule has 0 N–H and O–H groups in total. The van der Waals surface area contributed by atoms with E-state index >= 15 is 0 Å². The zero-order valence-corrected chi connectivity index (χ0v) is 10.4. The molecular weight excluding hydrogens is 257 g/mol. The number of likely N-dealkylation sites (tertiary alicyclic amines) is 1. The predicted octanol–water partition coefficient (Wildman–Crippen LogP) is 3.41. The van der Waals surface area contributed by atoms with Crippen molar-refractivity contribution in [1.82, 2.24) is 4.90 Å². The minimum atomic E-state index is -0.826. The smallest absolute Gasteiger partial charge is 0.129 e. The molecule has 1 nitrogen and oxygen atoms in total. The van der Waals surface area contributed by atoms with Crippen LogP contribution >= 0.6 is 15.9 Å². The maximum atomic E-state index is 14.1. The minimum absolute atomic E-state index is 0.157. The van der Waals surface area contributed by atoms with Crippen molar-refractivity contribution in [2.45, 2.75) is 12.6 Å². The number of benzene rings is 1. The highest BCUT2D eigenvalue weighted by Gasteiger charge is 2.28. The Morgan fingerprint density at radius 2 is 2.33 bits per heavy atom. The summed E-state index contributed by atoms with van der Waals surface area (Å²) in [5.74, 6) is 0.157. The molecule has 2 atom stereocenters. The van der Waals surface area contributed by atoms with Gasteiger partial charge in [0.05, 0.1) is 0 Å². The molecule has 0 saturated carbocycles. The van der Waals surface area contributed by atoms with Crippen LogP contribution in [0.4, 0.5) is 4.39 Å². The van der Waals surface area contributed by atoms with Crippen molar-refractivity contribution in [2.75, 3.05) is 20.1 Å². The van der Waals surface area contributed by atoms with Crippen molar-refractivity contribution in [2.24, 2.45) is 5.92 Å². The molecule has 0 spiro atoms. The van der Waals surface area contributed by atoms with Gasteiger partial charge >= 0.3 is 0 Å². The van der Waals surface area contributed by atoms with Crippen LogP contribution < -0.4 is 0 Å². The Morgan fingerprint density at radius 3 is 2.93 bits per heavy atom. The first-order valence-corrected chi connectivity index (χ1v) is 6.04. The molecule has 1 aliphatic heterocycles. The summed E-state index contributed by atoms with van der Waals surface area (Å²) in [5.41, 5.74) is 0.796. The lowest BCUT2D eigenvalue weighted by Gasteiger charge is -2.16. The summed E-state index contributed by atoms with van der Waals surface area (Å²) in [6.45, 7) is 1.88. The fourth-order valence-corrected chi connectivity index (χ4v) is 2.58. The lowest BCUT2D eigenvalue weighted by Crippen LogP contribution is -2.16. The van der Waals surface area contributed by atoms with Gasteiger partial charge in [-0.15, -0.1) is 0 Å². The molecule has 1 heterocycles. The van der Waals surface area contributed by atoms with Crippen LogP contribution in [0.25, 0.3) is 0 Å². The highest BCUT2D eigenvalue weighted by atomic mass is 79.9. The fourth-order valence-electron chi connectivity index (χ4n) is 2.16. The first-order chi connectivity index (χ1) is 7.16. The first-order valence-electron chi connectivity index (χ1n) is 5.25. The summed E-state index contributed by atoms with van der Waals surface area (Å²) in [5, 5.41) is 0. The van der Waals surface area contributed by atoms with E-state index in [2.05, 4.69) is 20.8 Å². The fraction of sp³-hybridized carbons (Fsp3) is 0.500. The molecule has 82 valence electrons. The van der Waals surface area contributed by atoms with Crippen molar-refractivity contribution in [3.63, 3.8) is 0 Å². The van der Waals surface area contributed by atoms with E-state index < -0.39 is 6.17 Å². The molecule has 3 heteroatoms. The van der Waals surface area contributed by atoms with Crippen LogP contribution in [0.5, 0.6) is 0 Å². The third kappa shape index (κ3) is 2.58. The molecule has 0 aliphatic carbocycles. The molecule has 1 aromatic carbocycles. The van der Waals surface area contributed by atoms with Crippen LogP contribution in [-0.4, -0.2) is 25.0 Å². The monoisotopic (exact) mass is 271 g/mol. The van der Waals surface area contributed by atoms with Crippen molar-refractivity contribution < 1.29 is 4.39 Å². The van der Waals surface area contributed by atoms with Gasteiger partial charge in [0.25, 0.3) is 0 Å². The van der Waals surface area contributed by atoms with E-state index in [0.29, 0.717) is 0 Å². The highest BCUT2D eigenvalue weighted by Crippen LogP contribution is 2.33. The Labute approximate surface area is 98.4 Å². The lowest BCUT2D eigenvalue weighted by atomic mass is 9.96. The predicted molar refractivity (Wildman–Crippen MR) is 63.6 cm³/mol. The Morgan fingerprint density at radius 1 is 1.53 bits per heavy atom. The molecule has 1 fully saturated rings. The van der Waals surface area contributed by atoms with Crippen LogP contribution in [0.3, 0.4) is 0 Å².